The van der Waals surface area contributed by atoms with Crippen molar-refractivity contribution >= 4 is 15.9 Å². The first-order valence-corrected chi connectivity index (χ1v) is 5.99. The van der Waals surface area contributed by atoms with Crippen molar-refractivity contribution in [1.29, 1.82) is 0 Å². The van der Waals surface area contributed by atoms with Crippen molar-refractivity contribution < 1.29 is 9.13 Å². The van der Waals surface area contributed by atoms with Crippen molar-refractivity contribution in [2.45, 2.75) is 25.1 Å². The Balaban J connectivity index is 2.95. The molecule has 0 aliphatic carbocycles. The smallest absolute Gasteiger partial charge is 0.131 e. The summed E-state index contributed by atoms with van der Waals surface area (Å²) in [6, 6.07) is 4.99. The van der Waals surface area contributed by atoms with E-state index in [0.29, 0.717) is 17.2 Å². The molecule has 0 saturated carbocycles. The molecule has 0 aliphatic rings. The third kappa shape index (κ3) is 2.94. The van der Waals surface area contributed by atoms with E-state index in [2.05, 4.69) is 29.8 Å². The fourth-order valence-electron chi connectivity index (χ4n) is 1.37. The molecule has 0 spiro atoms. The van der Waals surface area contributed by atoms with Crippen LogP contribution in [0.2, 0.25) is 0 Å². The summed E-state index contributed by atoms with van der Waals surface area (Å²) in [5.41, 5.74) is 0.699. The van der Waals surface area contributed by atoms with Gasteiger partial charge in [0.1, 0.15) is 11.6 Å². The fraction of sp³-hybridized carbons (Fsp3) is 0.500. The van der Waals surface area contributed by atoms with E-state index in [1.54, 1.807) is 12.1 Å². The van der Waals surface area contributed by atoms with E-state index in [-0.39, 0.29) is 10.6 Å². The van der Waals surface area contributed by atoms with E-state index in [4.69, 9.17) is 4.74 Å². The Kier molecular flexibility index (Phi) is 4.58. The number of rotatable bonds is 4. The van der Waals surface area contributed by atoms with Gasteiger partial charge in [-0.1, -0.05) is 42.3 Å². The Hall–Kier alpha value is -0.570. The second kappa shape index (κ2) is 5.50. The lowest BCUT2D eigenvalue weighted by Gasteiger charge is -2.17. The maximum Gasteiger partial charge on any atom is 0.131 e. The predicted octanol–water partition coefficient (Wildman–Crippen LogP) is 4.32. The van der Waals surface area contributed by atoms with Crippen molar-refractivity contribution in [1.82, 2.24) is 0 Å². The van der Waals surface area contributed by atoms with E-state index < -0.39 is 0 Å². The van der Waals surface area contributed by atoms with Gasteiger partial charge >= 0.3 is 0 Å². The monoisotopic (exact) mass is 274 g/mol. The van der Waals surface area contributed by atoms with Crippen molar-refractivity contribution in [3.63, 3.8) is 0 Å². The van der Waals surface area contributed by atoms with Crippen LogP contribution in [0.5, 0.6) is 5.75 Å². The summed E-state index contributed by atoms with van der Waals surface area (Å²) in [6.45, 7) is 4.20. The molecule has 15 heavy (non-hydrogen) atoms. The van der Waals surface area contributed by atoms with Crippen LogP contribution in [-0.2, 0) is 0 Å². The first kappa shape index (κ1) is 12.5. The van der Waals surface area contributed by atoms with Gasteiger partial charge in [0.25, 0.3) is 0 Å². The van der Waals surface area contributed by atoms with Gasteiger partial charge in [0.2, 0.25) is 0 Å². The van der Waals surface area contributed by atoms with Gasteiger partial charge in [-0.25, -0.2) is 4.39 Å². The molecule has 0 saturated heterocycles. The number of alkyl halides is 1. The highest BCUT2D eigenvalue weighted by molar-refractivity contribution is 9.09. The maximum atomic E-state index is 13.7. The van der Waals surface area contributed by atoms with Crippen LogP contribution in [0.15, 0.2) is 18.2 Å². The zero-order chi connectivity index (χ0) is 11.4. The molecule has 1 rings (SSSR count). The normalized spacial score (nSPS) is 14.7. The minimum Gasteiger partial charge on any atom is -0.497 e. The van der Waals surface area contributed by atoms with Crippen molar-refractivity contribution in [3.8, 4) is 5.75 Å². The molecule has 1 aromatic carbocycles. The second-order valence-electron chi connectivity index (χ2n) is 3.67. The van der Waals surface area contributed by atoms with E-state index in [1.165, 1.54) is 13.2 Å². The van der Waals surface area contributed by atoms with Crippen LogP contribution in [0.3, 0.4) is 0 Å². The van der Waals surface area contributed by atoms with Crippen LogP contribution in [0, 0.1) is 11.7 Å². The van der Waals surface area contributed by atoms with Gasteiger partial charge in [-0.05, 0) is 12.0 Å². The number of halogens is 2. The molecular weight excluding hydrogens is 259 g/mol. The summed E-state index contributed by atoms with van der Waals surface area (Å²) in [6.07, 6.45) is 1.02. The van der Waals surface area contributed by atoms with Crippen LogP contribution in [-0.4, -0.2) is 7.11 Å². The Bertz CT molecular complexity index is 327. The number of hydrogen-bond donors (Lipinski definition) is 0. The largest absolute Gasteiger partial charge is 0.497 e. The minimum atomic E-state index is -0.212. The molecule has 84 valence electrons. The standard InChI is InChI=1S/C12H16BrFO/c1-4-8(2)12(13)10-6-5-9(15-3)7-11(10)14/h5-8,12H,4H2,1-3H3. The third-order valence-electron chi connectivity index (χ3n) is 2.65. The summed E-state index contributed by atoms with van der Waals surface area (Å²) in [5, 5.41) is 0. The van der Waals surface area contributed by atoms with Crippen molar-refractivity contribution in [3.05, 3.63) is 29.6 Å². The Morgan fingerprint density at radius 2 is 2.13 bits per heavy atom. The molecule has 1 nitrogen and oxygen atoms in total. The van der Waals surface area contributed by atoms with E-state index in [1.807, 2.05) is 0 Å². The fourth-order valence-corrected chi connectivity index (χ4v) is 2.12. The number of benzene rings is 1. The van der Waals surface area contributed by atoms with Gasteiger partial charge in [0, 0.05) is 16.5 Å². The zero-order valence-electron chi connectivity index (χ0n) is 9.26. The van der Waals surface area contributed by atoms with Gasteiger partial charge in [-0.2, -0.15) is 0 Å². The van der Waals surface area contributed by atoms with E-state index >= 15 is 0 Å². The van der Waals surface area contributed by atoms with Gasteiger partial charge in [0.15, 0.2) is 0 Å². The molecule has 0 N–H and O–H groups in total. The Morgan fingerprint density at radius 1 is 1.47 bits per heavy atom. The summed E-state index contributed by atoms with van der Waals surface area (Å²) in [4.78, 5) is 0.0633. The van der Waals surface area contributed by atoms with Gasteiger partial charge in [-0.15, -0.1) is 0 Å². The van der Waals surface area contributed by atoms with Crippen LogP contribution in [0.25, 0.3) is 0 Å². The number of hydrogen-bond acceptors (Lipinski definition) is 1. The highest BCUT2D eigenvalue weighted by Gasteiger charge is 2.18. The molecule has 2 unspecified atom stereocenters. The molecule has 1 aromatic rings. The molecular formula is C12H16BrFO. The summed E-state index contributed by atoms with van der Waals surface area (Å²) in [7, 11) is 1.54. The highest BCUT2D eigenvalue weighted by atomic mass is 79.9. The quantitative estimate of drug-likeness (QED) is 0.744. The summed E-state index contributed by atoms with van der Waals surface area (Å²) < 4.78 is 18.6. The first-order valence-electron chi connectivity index (χ1n) is 5.07. The van der Waals surface area contributed by atoms with Gasteiger partial charge in [0.05, 0.1) is 7.11 Å². The van der Waals surface area contributed by atoms with Crippen LogP contribution in [0.4, 0.5) is 4.39 Å². The molecule has 0 heterocycles. The Morgan fingerprint density at radius 3 is 2.60 bits per heavy atom. The summed E-state index contributed by atoms with van der Waals surface area (Å²) in [5.74, 6) is 0.754. The lowest BCUT2D eigenvalue weighted by atomic mass is 9.98. The predicted molar refractivity (Wildman–Crippen MR) is 64.1 cm³/mol. The molecule has 0 fully saturated rings. The molecule has 0 aromatic heterocycles. The lowest BCUT2D eigenvalue weighted by Crippen LogP contribution is -2.04. The van der Waals surface area contributed by atoms with E-state index in [9.17, 15) is 4.39 Å². The molecule has 3 heteroatoms. The molecule has 0 aliphatic heterocycles. The van der Waals surface area contributed by atoms with Gasteiger partial charge < -0.3 is 4.74 Å². The zero-order valence-corrected chi connectivity index (χ0v) is 10.8. The number of methoxy groups -OCH3 is 1. The highest BCUT2D eigenvalue weighted by Crippen LogP contribution is 2.35. The molecule has 0 amide bonds. The molecule has 0 radical (unpaired) electrons. The SMILES string of the molecule is CCC(C)C(Br)c1ccc(OC)cc1F. The van der Waals surface area contributed by atoms with Crippen LogP contribution >= 0.6 is 15.9 Å². The number of ether oxygens (including phenoxy) is 1. The minimum absolute atomic E-state index is 0.0633. The lowest BCUT2D eigenvalue weighted by molar-refractivity contribution is 0.410. The maximum absolute atomic E-state index is 13.7. The molecule has 0 bridgehead atoms. The van der Waals surface area contributed by atoms with Crippen molar-refractivity contribution in [2.24, 2.45) is 5.92 Å². The van der Waals surface area contributed by atoms with Crippen LogP contribution in [0.1, 0.15) is 30.7 Å². The average molecular weight is 275 g/mol. The average Bonchev–Trinajstić information content (AvgIpc) is 2.26. The van der Waals surface area contributed by atoms with Crippen molar-refractivity contribution in [2.75, 3.05) is 7.11 Å². The third-order valence-corrected chi connectivity index (χ3v) is 4.04. The van der Waals surface area contributed by atoms with E-state index in [0.717, 1.165) is 6.42 Å². The Labute approximate surface area is 98.8 Å². The van der Waals surface area contributed by atoms with Crippen LogP contribution < -0.4 is 4.74 Å². The molecule has 2 atom stereocenters. The second-order valence-corrected chi connectivity index (χ2v) is 4.66. The summed E-state index contributed by atoms with van der Waals surface area (Å²) >= 11 is 3.53. The first-order chi connectivity index (χ1) is 7.10. The topological polar surface area (TPSA) is 9.23 Å². The van der Waals surface area contributed by atoms with Gasteiger partial charge in [-0.3, -0.25) is 0 Å².